The molecule has 48 heavy (non-hydrogen) atoms. The maximum atomic E-state index is 13.7. The van der Waals surface area contributed by atoms with E-state index in [2.05, 4.69) is 25.3 Å². The minimum absolute atomic E-state index is 0.0799. The number of carbonyl (C=O) groups excluding carboxylic acids is 3. The highest BCUT2D eigenvalue weighted by Crippen LogP contribution is 2.40. The van der Waals surface area contributed by atoms with Crippen LogP contribution in [0.4, 0.5) is 16.3 Å². The van der Waals surface area contributed by atoms with Crippen LogP contribution in [0.2, 0.25) is 0 Å². The van der Waals surface area contributed by atoms with Gasteiger partial charge in [0.1, 0.15) is 30.2 Å². The van der Waals surface area contributed by atoms with Crippen LogP contribution in [-0.2, 0) is 14.3 Å². The number of esters is 1. The van der Waals surface area contributed by atoms with Crippen molar-refractivity contribution in [2.45, 2.75) is 90.0 Å². The van der Waals surface area contributed by atoms with Crippen molar-refractivity contribution in [3.05, 3.63) is 34.0 Å². The van der Waals surface area contributed by atoms with Crippen molar-refractivity contribution in [2.75, 3.05) is 36.9 Å². The lowest BCUT2D eigenvalue weighted by molar-refractivity contribution is -0.134. The highest BCUT2D eigenvalue weighted by atomic mass is 32.1. The smallest absolute Gasteiger partial charge is 0.410 e. The number of cyclic esters (lactones) is 1. The molecule has 3 unspecified atom stereocenters. The van der Waals surface area contributed by atoms with Gasteiger partial charge in [0.25, 0.3) is 5.91 Å². The lowest BCUT2D eigenvalue weighted by Gasteiger charge is -2.36. The van der Waals surface area contributed by atoms with Crippen LogP contribution in [0.3, 0.4) is 0 Å². The molecule has 3 aromatic rings. The Morgan fingerprint density at radius 2 is 2.00 bits per heavy atom. The number of likely N-dealkylation sites (tertiary alicyclic amines) is 1. The van der Waals surface area contributed by atoms with Crippen LogP contribution < -0.4 is 20.7 Å². The Labute approximate surface area is 282 Å². The topological polar surface area (TPSA) is 167 Å². The van der Waals surface area contributed by atoms with E-state index in [0.717, 1.165) is 67.0 Å². The summed E-state index contributed by atoms with van der Waals surface area (Å²) in [5.74, 6) is 0.439. The first-order valence-corrected chi connectivity index (χ1v) is 17.4. The molecule has 4 aliphatic rings. The molecule has 0 bridgehead atoms. The number of nitrogens with two attached hydrogens (primary N) is 1. The molecule has 7 rings (SSSR count). The zero-order chi connectivity index (χ0) is 33.7. The number of carbonyl (C=O) groups is 3. The maximum absolute atomic E-state index is 13.7. The standard InChI is InChI=1S/C33H42N8O6S/c1-18-37-31(46-22-7-8-23-19(12-22)9-11-40(23)32(44)47-33(2,3)4)28(48-18)30(43)38-21-6-5-10-39(15-21)25-14-24(20-13-26(42)45-16-20)41-27(25)29(34)35-17-36-41/h13-14,17,19,21-23H,5-12,15-16H2,1-4H3,(H,38,43)(H2,34,35,36)/t19?,21-,22?,23?/m1/s1. The minimum Gasteiger partial charge on any atom is -0.473 e. The lowest BCUT2D eigenvalue weighted by atomic mass is 9.83. The summed E-state index contributed by atoms with van der Waals surface area (Å²) in [5.41, 5.74) is 8.74. The van der Waals surface area contributed by atoms with Crippen molar-refractivity contribution in [3.8, 4) is 5.88 Å². The molecule has 14 nitrogen and oxygen atoms in total. The average molecular weight is 679 g/mol. The van der Waals surface area contributed by atoms with E-state index in [-0.39, 0.29) is 42.8 Å². The van der Waals surface area contributed by atoms with Crippen LogP contribution in [0.15, 0.2) is 18.5 Å². The Morgan fingerprint density at radius 1 is 1.17 bits per heavy atom. The van der Waals surface area contributed by atoms with E-state index in [1.807, 2.05) is 38.7 Å². The van der Waals surface area contributed by atoms with Gasteiger partial charge in [-0.15, -0.1) is 11.3 Å². The van der Waals surface area contributed by atoms with Gasteiger partial charge in [0.15, 0.2) is 10.7 Å². The first kappa shape index (κ1) is 32.2. The van der Waals surface area contributed by atoms with Crippen molar-refractivity contribution < 1.29 is 28.6 Å². The molecule has 1 saturated carbocycles. The predicted molar refractivity (Wildman–Crippen MR) is 179 cm³/mol. The van der Waals surface area contributed by atoms with E-state index in [1.165, 1.54) is 23.7 Å². The van der Waals surface area contributed by atoms with E-state index in [1.54, 1.807) is 4.52 Å². The molecule has 0 radical (unpaired) electrons. The van der Waals surface area contributed by atoms with Crippen LogP contribution >= 0.6 is 11.3 Å². The summed E-state index contributed by atoms with van der Waals surface area (Å²) in [7, 11) is 0. The summed E-state index contributed by atoms with van der Waals surface area (Å²) in [5, 5.41) is 8.41. The van der Waals surface area contributed by atoms with Gasteiger partial charge in [-0.25, -0.2) is 24.1 Å². The van der Waals surface area contributed by atoms with E-state index in [9.17, 15) is 14.4 Å². The molecule has 256 valence electrons. The number of aryl methyl sites for hydroxylation is 1. The first-order valence-electron chi connectivity index (χ1n) is 16.6. The first-order chi connectivity index (χ1) is 22.9. The molecule has 6 heterocycles. The number of rotatable bonds is 6. The third-order valence-corrected chi connectivity index (χ3v) is 10.5. The van der Waals surface area contributed by atoms with E-state index < -0.39 is 5.60 Å². The third-order valence-electron chi connectivity index (χ3n) is 9.50. The van der Waals surface area contributed by atoms with Crippen molar-refractivity contribution in [2.24, 2.45) is 5.92 Å². The number of piperidine rings is 1. The minimum atomic E-state index is -0.528. The third kappa shape index (κ3) is 6.39. The number of nitrogens with one attached hydrogen (secondary N) is 1. The van der Waals surface area contributed by atoms with Crippen molar-refractivity contribution in [1.29, 1.82) is 0 Å². The molecule has 4 atom stereocenters. The quantitative estimate of drug-likeness (QED) is 0.362. The number of ether oxygens (including phenoxy) is 3. The second-order valence-corrected chi connectivity index (χ2v) is 15.3. The van der Waals surface area contributed by atoms with Gasteiger partial charge in [0, 0.05) is 43.4 Å². The second kappa shape index (κ2) is 12.6. The largest absolute Gasteiger partial charge is 0.473 e. The Bertz CT molecular complexity index is 1780. The average Bonchev–Trinajstić information content (AvgIpc) is 3.81. The van der Waals surface area contributed by atoms with Gasteiger partial charge in [0.05, 0.1) is 16.4 Å². The molecular formula is C33H42N8O6S. The molecule has 3 aromatic heterocycles. The summed E-state index contributed by atoms with van der Waals surface area (Å²) in [6.45, 7) is 9.71. The number of thiazole rings is 1. The number of anilines is 2. The molecule has 2 saturated heterocycles. The fourth-order valence-corrected chi connectivity index (χ4v) is 8.20. The number of hydrogen-bond donors (Lipinski definition) is 2. The van der Waals surface area contributed by atoms with Crippen molar-refractivity contribution in [3.63, 3.8) is 0 Å². The zero-order valence-corrected chi connectivity index (χ0v) is 28.5. The number of fused-ring (bicyclic) bond motifs is 2. The lowest BCUT2D eigenvalue weighted by Crippen LogP contribution is -2.47. The number of nitrogens with zero attached hydrogens (tertiary/aromatic N) is 6. The number of aromatic nitrogens is 4. The highest BCUT2D eigenvalue weighted by Gasteiger charge is 2.43. The number of amides is 2. The van der Waals surface area contributed by atoms with Gasteiger partial charge in [-0.1, -0.05) is 0 Å². The van der Waals surface area contributed by atoms with Gasteiger partial charge < -0.3 is 35.1 Å². The van der Waals surface area contributed by atoms with Gasteiger partial charge >= 0.3 is 12.1 Å². The Morgan fingerprint density at radius 3 is 2.77 bits per heavy atom. The van der Waals surface area contributed by atoms with Crippen LogP contribution in [0.25, 0.3) is 11.1 Å². The van der Waals surface area contributed by atoms with Crippen LogP contribution in [-0.4, -0.2) is 92.5 Å². The second-order valence-electron chi connectivity index (χ2n) is 14.1. The molecule has 15 heteroatoms. The summed E-state index contributed by atoms with van der Waals surface area (Å²) < 4.78 is 18.9. The van der Waals surface area contributed by atoms with Crippen LogP contribution in [0, 0.1) is 12.8 Å². The zero-order valence-electron chi connectivity index (χ0n) is 27.7. The summed E-state index contributed by atoms with van der Waals surface area (Å²) in [6.07, 6.45) is 7.51. The van der Waals surface area contributed by atoms with Gasteiger partial charge in [-0.2, -0.15) is 5.10 Å². The van der Waals surface area contributed by atoms with Crippen LogP contribution in [0.5, 0.6) is 5.88 Å². The fourth-order valence-electron chi connectivity index (χ4n) is 7.44. The number of hydrogen-bond acceptors (Lipinski definition) is 12. The maximum Gasteiger partial charge on any atom is 0.410 e. The molecule has 0 spiro atoms. The Hall–Kier alpha value is -4.40. The monoisotopic (exact) mass is 678 g/mol. The summed E-state index contributed by atoms with van der Waals surface area (Å²) in [4.78, 5) is 51.7. The van der Waals surface area contributed by atoms with Crippen molar-refractivity contribution >= 4 is 51.9 Å². The summed E-state index contributed by atoms with van der Waals surface area (Å²) in [6, 6.07) is 1.98. The molecule has 3 fully saturated rings. The van der Waals surface area contributed by atoms with Crippen molar-refractivity contribution in [1.82, 2.24) is 29.8 Å². The fraction of sp³-hybridized carbons (Fsp3) is 0.576. The Kier molecular flexibility index (Phi) is 8.42. The molecule has 1 aliphatic carbocycles. The van der Waals surface area contributed by atoms with Gasteiger partial charge in [0.2, 0.25) is 5.88 Å². The van der Waals surface area contributed by atoms with E-state index in [0.29, 0.717) is 41.1 Å². The predicted octanol–water partition coefficient (Wildman–Crippen LogP) is 3.97. The SMILES string of the molecule is Cc1nc(OC2CCC3C(CCN3C(=O)OC(C)(C)C)C2)c(C(=O)N[C@@H]2CCCN(c3cc(C4=CC(=O)OC4)n4ncnc(N)c34)C2)s1. The Balaban J connectivity index is 1.02. The molecular weight excluding hydrogens is 636 g/mol. The molecule has 3 aliphatic heterocycles. The molecule has 0 aromatic carbocycles. The van der Waals surface area contributed by atoms with E-state index >= 15 is 0 Å². The highest BCUT2D eigenvalue weighted by molar-refractivity contribution is 7.13. The molecule has 3 N–H and O–H groups in total. The molecule has 2 amide bonds. The van der Waals surface area contributed by atoms with Gasteiger partial charge in [-0.3, -0.25) is 4.79 Å². The normalized spacial score (nSPS) is 24.3. The van der Waals surface area contributed by atoms with E-state index in [4.69, 9.17) is 19.9 Å². The summed E-state index contributed by atoms with van der Waals surface area (Å²) >= 11 is 1.33. The van der Waals surface area contributed by atoms with Gasteiger partial charge in [-0.05, 0) is 78.2 Å². The van der Waals surface area contributed by atoms with Crippen LogP contribution in [0.1, 0.15) is 79.7 Å². The number of nitrogen functional groups attached to an aromatic ring is 1.